The molecule has 0 heterocycles. The predicted molar refractivity (Wildman–Crippen MR) is 102 cm³/mol. The van der Waals surface area contributed by atoms with E-state index in [0.29, 0.717) is 12.0 Å². The monoisotopic (exact) mass is 401 g/mol. The number of aryl methyl sites for hydroxylation is 1. The van der Waals surface area contributed by atoms with Crippen LogP contribution in [0.3, 0.4) is 0 Å². The molecule has 0 amide bonds. The summed E-state index contributed by atoms with van der Waals surface area (Å²) in [7, 11) is -4.57. The highest BCUT2D eigenvalue weighted by Crippen LogP contribution is 2.40. The fraction of sp³-hybridized carbons (Fsp3) is 0.111. The first kappa shape index (κ1) is 19.4. The van der Waals surface area contributed by atoms with Gasteiger partial charge in [-0.05, 0) is 18.6 Å². The zero-order valence-electron chi connectivity index (χ0n) is 14.6. The van der Waals surface area contributed by atoms with Gasteiger partial charge >= 0.3 is 0 Å². The van der Waals surface area contributed by atoms with Crippen LogP contribution in [0.2, 0.25) is 0 Å². The first-order chi connectivity index (χ1) is 13.2. The summed E-state index contributed by atoms with van der Waals surface area (Å²) < 4.78 is 32.5. The van der Waals surface area contributed by atoms with Gasteiger partial charge in [0.1, 0.15) is 16.3 Å². The van der Waals surface area contributed by atoms with Crippen LogP contribution in [0.15, 0.2) is 63.7 Å². The third-order valence-electron chi connectivity index (χ3n) is 4.15. The van der Waals surface area contributed by atoms with E-state index in [-0.39, 0.29) is 27.8 Å². The van der Waals surface area contributed by atoms with E-state index in [0.717, 1.165) is 6.07 Å². The quantitative estimate of drug-likeness (QED) is 0.275. The molecule has 9 nitrogen and oxygen atoms in total. The second-order valence-corrected chi connectivity index (χ2v) is 7.28. The molecule has 0 aliphatic carbocycles. The lowest BCUT2D eigenvalue weighted by atomic mass is 10.1. The van der Waals surface area contributed by atoms with Gasteiger partial charge < -0.3 is 5.11 Å². The predicted octanol–water partition coefficient (Wildman–Crippen LogP) is 4.68. The highest BCUT2D eigenvalue weighted by atomic mass is 32.2. The van der Waals surface area contributed by atoms with E-state index in [1.165, 1.54) is 18.2 Å². The molecule has 0 atom stereocenters. The topological polar surface area (TPSA) is 142 Å². The Morgan fingerprint density at radius 3 is 2.36 bits per heavy atom. The van der Waals surface area contributed by atoms with Crippen molar-refractivity contribution in [3.05, 3.63) is 64.2 Å². The van der Waals surface area contributed by atoms with Crippen molar-refractivity contribution in [2.24, 2.45) is 10.2 Å². The Kier molecular flexibility index (Phi) is 5.08. The van der Waals surface area contributed by atoms with Crippen molar-refractivity contribution in [3.8, 4) is 5.75 Å². The minimum atomic E-state index is -4.57. The first-order valence-electron chi connectivity index (χ1n) is 8.13. The van der Waals surface area contributed by atoms with Crippen molar-refractivity contribution in [3.63, 3.8) is 0 Å². The number of nitrogens with zero attached hydrogens (tertiary/aromatic N) is 3. The average molecular weight is 401 g/mol. The maximum atomic E-state index is 11.6. The fourth-order valence-electron chi connectivity index (χ4n) is 2.82. The lowest BCUT2D eigenvalue weighted by Gasteiger charge is -2.08. The normalized spacial score (nSPS) is 11.9. The Balaban J connectivity index is 2.15. The van der Waals surface area contributed by atoms with Crippen LogP contribution < -0.4 is 0 Å². The van der Waals surface area contributed by atoms with Crippen molar-refractivity contribution >= 4 is 38.0 Å². The molecule has 0 aliphatic rings. The minimum absolute atomic E-state index is 0.0229. The Morgan fingerprint density at radius 2 is 1.75 bits per heavy atom. The molecule has 3 aromatic rings. The van der Waals surface area contributed by atoms with E-state index in [4.69, 9.17) is 0 Å². The molecule has 2 N–H and O–H groups in total. The molecule has 0 fully saturated rings. The third kappa shape index (κ3) is 3.68. The van der Waals surface area contributed by atoms with E-state index < -0.39 is 25.7 Å². The standard InChI is InChI=1S/C18H15N3O6S/c1-2-11-7-8-12(9-15(11)21(23)24)19-20-18-14-6-4-3-5-13(14)17(10-16(18)22)28(25,26)27/h3-10,22H,2H2,1H3,(H,25,26,27). The lowest BCUT2D eigenvalue weighted by molar-refractivity contribution is -0.385. The summed E-state index contributed by atoms with van der Waals surface area (Å²) in [5.41, 5.74) is 0.640. The maximum absolute atomic E-state index is 11.6. The molecule has 0 bridgehead atoms. The van der Waals surface area contributed by atoms with Crippen LogP contribution in [0.25, 0.3) is 10.8 Å². The van der Waals surface area contributed by atoms with Crippen molar-refractivity contribution in [1.29, 1.82) is 0 Å². The van der Waals surface area contributed by atoms with E-state index in [1.807, 2.05) is 0 Å². The lowest BCUT2D eigenvalue weighted by Crippen LogP contribution is -1.99. The van der Waals surface area contributed by atoms with Gasteiger partial charge in [-0.25, -0.2) is 0 Å². The van der Waals surface area contributed by atoms with Crippen LogP contribution in [0.1, 0.15) is 12.5 Å². The fourth-order valence-corrected chi connectivity index (χ4v) is 3.54. The molecule has 0 aromatic heterocycles. The molecule has 10 heteroatoms. The molecule has 0 spiro atoms. The number of nitro groups is 1. The molecule has 144 valence electrons. The number of aromatic hydroxyl groups is 1. The van der Waals surface area contributed by atoms with Gasteiger partial charge in [-0.3, -0.25) is 14.7 Å². The zero-order chi connectivity index (χ0) is 20.5. The molecule has 3 rings (SSSR count). The van der Waals surface area contributed by atoms with Crippen LogP contribution in [0.4, 0.5) is 17.1 Å². The number of benzene rings is 3. The summed E-state index contributed by atoms with van der Waals surface area (Å²) in [5.74, 6) is -0.505. The smallest absolute Gasteiger partial charge is 0.295 e. The van der Waals surface area contributed by atoms with Crippen molar-refractivity contribution in [1.82, 2.24) is 0 Å². The van der Waals surface area contributed by atoms with Crippen molar-refractivity contribution in [2.75, 3.05) is 0 Å². The van der Waals surface area contributed by atoms with E-state index in [2.05, 4.69) is 10.2 Å². The van der Waals surface area contributed by atoms with Gasteiger partial charge in [-0.2, -0.15) is 13.5 Å². The van der Waals surface area contributed by atoms with Gasteiger partial charge in [0.05, 0.1) is 10.6 Å². The van der Waals surface area contributed by atoms with Crippen LogP contribution in [0.5, 0.6) is 5.75 Å². The van der Waals surface area contributed by atoms with Gasteiger partial charge in [-0.15, -0.1) is 5.11 Å². The summed E-state index contributed by atoms with van der Waals surface area (Å²) in [4.78, 5) is 10.2. The number of rotatable bonds is 5. The van der Waals surface area contributed by atoms with E-state index in [1.54, 1.807) is 31.2 Å². The number of hydrogen-bond acceptors (Lipinski definition) is 7. The van der Waals surface area contributed by atoms with Crippen LogP contribution >= 0.6 is 0 Å². The highest BCUT2D eigenvalue weighted by Gasteiger charge is 2.19. The second kappa shape index (κ2) is 7.33. The molecule has 0 saturated carbocycles. The van der Waals surface area contributed by atoms with Gasteiger partial charge in [0.15, 0.2) is 0 Å². The van der Waals surface area contributed by atoms with Crippen molar-refractivity contribution < 1.29 is 23.0 Å². The largest absolute Gasteiger partial charge is 0.506 e. The van der Waals surface area contributed by atoms with E-state index in [9.17, 15) is 28.2 Å². The number of phenols is 1. The zero-order valence-corrected chi connectivity index (χ0v) is 15.4. The summed E-state index contributed by atoms with van der Waals surface area (Å²) in [5, 5.41) is 29.7. The summed E-state index contributed by atoms with van der Waals surface area (Å²) >= 11 is 0. The maximum Gasteiger partial charge on any atom is 0.295 e. The van der Waals surface area contributed by atoms with E-state index >= 15 is 0 Å². The molecule has 0 saturated heterocycles. The Labute approximate surface area is 159 Å². The molecule has 28 heavy (non-hydrogen) atoms. The number of phenolic OH excluding ortho intramolecular Hbond substituents is 1. The summed E-state index contributed by atoms with van der Waals surface area (Å²) in [6.07, 6.45) is 0.482. The van der Waals surface area contributed by atoms with Crippen LogP contribution in [-0.2, 0) is 16.5 Å². The molecule has 0 aliphatic heterocycles. The second-order valence-electron chi connectivity index (χ2n) is 5.89. The Morgan fingerprint density at radius 1 is 1.07 bits per heavy atom. The van der Waals surface area contributed by atoms with Crippen LogP contribution in [-0.4, -0.2) is 23.0 Å². The van der Waals surface area contributed by atoms with Gasteiger partial charge in [0, 0.05) is 28.5 Å². The third-order valence-corrected chi connectivity index (χ3v) is 5.04. The average Bonchev–Trinajstić information content (AvgIpc) is 2.65. The number of fused-ring (bicyclic) bond motifs is 1. The molecular formula is C18H15N3O6S. The molecule has 3 aromatic carbocycles. The number of nitro benzene ring substituents is 1. The molecule has 0 radical (unpaired) electrons. The van der Waals surface area contributed by atoms with Crippen molar-refractivity contribution in [2.45, 2.75) is 18.2 Å². The summed E-state index contributed by atoms with van der Waals surface area (Å²) in [6.45, 7) is 1.80. The van der Waals surface area contributed by atoms with Gasteiger partial charge in [0.25, 0.3) is 15.8 Å². The highest BCUT2D eigenvalue weighted by molar-refractivity contribution is 7.86. The molecular weight excluding hydrogens is 386 g/mol. The SMILES string of the molecule is CCc1ccc(N=Nc2c(O)cc(S(=O)(=O)O)c3ccccc23)cc1[N+](=O)[O-]. The first-order valence-corrected chi connectivity index (χ1v) is 9.57. The number of hydrogen-bond donors (Lipinski definition) is 2. The molecule has 0 unspecified atom stereocenters. The minimum Gasteiger partial charge on any atom is -0.506 e. The van der Waals surface area contributed by atoms with Gasteiger partial charge in [0.2, 0.25) is 0 Å². The van der Waals surface area contributed by atoms with Gasteiger partial charge in [-0.1, -0.05) is 31.2 Å². The Bertz CT molecular complexity index is 1220. The number of azo groups is 1. The summed E-state index contributed by atoms with van der Waals surface area (Å²) in [6, 6.07) is 11.4. The van der Waals surface area contributed by atoms with Crippen LogP contribution in [0, 0.1) is 10.1 Å². The Hall–Kier alpha value is -3.37.